The zero-order chi connectivity index (χ0) is 19.5. The van der Waals surface area contributed by atoms with Crippen LogP contribution in [0.1, 0.15) is 26.3 Å². The maximum Gasteiger partial charge on any atom is 0.419 e. The molecule has 1 aromatic carbocycles. The number of benzene rings is 1. The highest BCUT2D eigenvalue weighted by atomic mass is 19.4. The van der Waals surface area contributed by atoms with E-state index in [2.05, 4.69) is 0 Å². The summed E-state index contributed by atoms with van der Waals surface area (Å²) in [6, 6.07) is 0.354. The molecular weight excluding hydrogens is 372 g/mol. The zero-order valence-corrected chi connectivity index (χ0v) is 12.2. The lowest BCUT2D eigenvalue weighted by atomic mass is 10.1. The van der Waals surface area contributed by atoms with Crippen LogP contribution in [-0.4, -0.2) is 16.4 Å². The smallest absolute Gasteiger partial charge is 0.384 e. The van der Waals surface area contributed by atoms with Crippen molar-refractivity contribution in [3.8, 4) is 5.69 Å². The van der Waals surface area contributed by atoms with Crippen molar-refractivity contribution in [1.29, 1.82) is 0 Å². The van der Waals surface area contributed by atoms with Gasteiger partial charge in [-0.05, 0) is 6.07 Å². The summed E-state index contributed by atoms with van der Waals surface area (Å²) in [5.74, 6) is -10.1. The molecule has 1 aromatic heterocycles. The van der Waals surface area contributed by atoms with Crippen LogP contribution in [0.15, 0.2) is 16.9 Å². The molecule has 0 saturated carbocycles. The fraction of sp³-hybridized carbons (Fsp3) is 0.0714. The molecule has 2 heterocycles. The first-order chi connectivity index (χ1) is 11.9. The van der Waals surface area contributed by atoms with Crippen LogP contribution in [0, 0.1) is 17.5 Å². The molecule has 0 spiro atoms. The number of pyridine rings is 1. The Morgan fingerprint density at radius 2 is 1.54 bits per heavy atom. The van der Waals surface area contributed by atoms with E-state index in [1.807, 2.05) is 0 Å². The fourth-order valence-electron chi connectivity index (χ4n) is 2.49. The minimum Gasteiger partial charge on any atom is -0.384 e. The summed E-state index contributed by atoms with van der Waals surface area (Å²) in [4.78, 5) is 35.3. The van der Waals surface area contributed by atoms with Gasteiger partial charge < -0.3 is 5.73 Å². The minimum absolute atomic E-state index is 0.0457. The number of carbonyl (C=O) groups excluding carboxylic acids is 2. The summed E-state index contributed by atoms with van der Waals surface area (Å²) in [6.45, 7) is 0. The van der Waals surface area contributed by atoms with Gasteiger partial charge in [0.15, 0.2) is 17.5 Å². The minimum atomic E-state index is -5.41. The molecule has 0 aliphatic carbocycles. The lowest BCUT2D eigenvalue weighted by Gasteiger charge is -2.16. The molecule has 0 saturated heterocycles. The molecule has 0 radical (unpaired) electrons. The lowest BCUT2D eigenvalue weighted by molar-refractivity contribution is -0.140. The molecule has 2 aromatic rings. The normalized spacial score (nSPS) is 13.8. The number of nitrogen functional groups attached to an aromatic ring is 1. The van der Waals surface area contributed by atoms with Crippen LogP contribution in [0.5, 0.6) is 0 Å². The van der Waals surface area contributed by atoms with Gasteiger partial charge in [-0.2, -0.15) is 13.2 Å². The third-order valence-electron chi connectivity index (χ3n) is 3.63. The number of alkyl halides is 3. The van der Waals surface area contributed by atoms with Crippen LogP contribution in [0.2, 0.25) is 0 Å². The van der Waals surface area contributed by atoms with Crippen molar-refractivity contribution < 1.29 is 35.9 Å². The predicted molar refractivity (Wildman–Crippen MR) is 73.1 cm³/mol. The summed E-state index contributed by atoms with van der Waals surface area (Å²) in [5, 5.41) is 1.78. The van der Waals surface area contributed by atoms with Crippen LogP contribution in [0.3, 0.4) is 0 Å². The van der Waals surface area contributed by atoms with Gasteiger partial charge in [0.05, 0.1) is 22.4 Å². The Kier molecular flexibility index (Phi) is 3.60. The average Bonchev–Trinajstić information content (AvgIpc) is 2.80. The molecule has 26 heavy (non-hydrogen) atoms. The van der Waals surface area contributed by atoms with Gasteiger partial charge in [0.2, 0.25) is 0 Å². The molecule has 6 nitrogen and oxygen atoms in total. The van der Waals surface area contributed by atoms with E-state index in [0.29, 0.717) is 6.07 Å². The number of hydrogen-bond acceptors (Lipinski definition) is 4. The third-order valence-corrected chi connectivity index (χ3v) is 3.63. The van der Waals surface area contributed by atoms with Crippen molar-refractivity contribution in [3.05, 3.63) is 56.6 Å². The number of halogens is 6. The van der Waals surface area contributed by atoms with E-state index >= 15 is 0 Å². The highest BCUT2D eigenvalue weighted by molar-refractivity contribution is 6.23. The number of nitrogens with two attached hydrogens (primary N) is 1. The Balaban J connectivity index is 2.42. The van der Waals surface area contributed by atoms with E-state index < -0.39 is 69.2 Å². The molecule has 0 bridgehead atoms. The van der Waals surface area contributed by atoms with Gasteiger partial charge in [0.25, 0.3) is 17.4 Å². The summed E-state index contributed by atoms with van der Waals surface area (Å²) in [7, 11) is 0. The van der Waals surface area contributed by atoms with Gasteiger partial charge in [0.1, 0.15) is 5.82 Å². The van der Waals surface area contributed by atoms with Crippen LogP contribution < -0.4 is 16.6 Å². The topological polar surface area (TPSA) is 94.2 Å². The first kappa shape index (κ1) is 17.5. The standard InChI is InChI=1S/C14H5F6N3O3/c15-8-4(14(18,19)20)2-5(9(16)10(8)17)23-6(24)1-3-7(11(23)21)13(26)22-12(3)25/h1-2H,21H2,(H,22,25,26). The highest BCUT2D eigenvalue weighted by Gasteiger charge is 2.39. The van der Waals surface area contributed by atoms with Gasteiger partial charge in [-0.15, -0.1) is 0 Å². The van der Waals surface area contributed by atoms with E-state index in [0.717, 1.165) is 0 Å². The number of nitrogens with zero attached hydrogens (tertiary/aromatic N) is 1. The molecule has 12 heteroatoms. The molecule has 1 aliphatic rings. The first-order valence-corrected chi connectivity index (χ1v) is 6.61. The second-order valence-electron chi connectivity index (χ2n) is 5.16. The van der Waals surface area contributed by atoms with Crippen LogP contribution in [0.25, 0.3) is 5.69 Å². The Morgan fingerprint density at radius 1 is 0.923 bits per heavy atom. The molecule has 3 N–H and O–H groups in total. The van der Waals surface area contributed by atoms with Gasteiger partial charge in [0, 0.05) is 6.07 Å². The number of amides is 2. The van der Waals surface area contributed by atoms with E-state index in [-0.39, 0.29) is 10.6 Å². The SMILES string of the molecule is Nc1c2c(cc(=O)n1-c1cc(C(F)(F)F)c(F)c(F)c1F)C(=O)NC2=O. The Labute approximate surface area is 138 Å². The maximum atomic E-state index is 14.0. The van der Waals surface area contributed by atoms with Crippen molar-refractivity contribution in [3.63, 3.8) is 0 Å². The largest absolute Gasteiger partial charge is 0.419 e. The number of fused-ring (bicyclic) bond motifs is 1. The molecular formula is C14H5F6N3O3. The van der Waals surface area contributed by atoms with Gasteiger partial charge in [-0.3, -0.25) is 24.3 Å². The van der Waals surface area contributed by atoms with E-state index in [1.165, 1.54) is 0 Å². The molecule has 2 amide bonds. The number of anilines is 1. The summed E-state index contributed by atoms with van der Waals surface area (Å²) in [5.41, 5.74) is -0.439. The molecule has 0 fully saturated rings. The van der Waals surface area contributed by atoms with E-state index in [1.54, 1.807) is 5.32 Å². The third kappa shape index (κ3) is 2.33. The van der Waals surface area contributed by atoms with Crippen molar-refractivity contribution in [1.82, 2.24) is 9.88 Å². The number of carbonyl (C=O) groups is 2. The summed E-state index contributed by atoms with van der Waals surface area (Å²) in [6.07, 6.45) is -5.41. The van der Waals surface area contributed by atoms with Crippen molar-refractivity contribution >= 4 is 17.6 Å². The van der Waals surface area contributed by atoms with Crippen LogP contribution in [0.4, 0.5) is 32.2 Å². The summed E-state index contributed by atoms with van der Waals surface area (Å²) < 4.78 is 79.6. The Morgan fingerprint density at radius 3 is 2.12 bits per heavy atom. The van der Waals surface area contributed by atoms with Gasteiger partial charge in [-0.1, -0.05) is 0 Å². The Bertz CT molecular complexity index is 1060. The molecule has 3 rings (SSSR count). The molecule has 0 unspecified atom stereocenters. The summed E-state index contributed by atoms with van der Waals surface area (Å²) >= 11 is 0. The monoisotopic (exact) mass is 377 g/mol. The lowest BCUT2D eigenvalue weighted by Crippen LogP contribution is -2.26. The van der Waals surface area contributed by atoms with Crippen molar-refractivity contribution in [2.45, 2.75) is 6.18 Å². The quantitative estimate of drug-likeness (QED) is 0.450. The maximum absolute atomic E-state index is 14.0. The van der Waals surface area contributed by atoms with Crippen molar-refractivity contribution in [2.75, 3.05) is 5.73 Å². The molecule has 0 atom stereocenters. The van der Waals surface area contributed by atoms with E-state index in [9.17, 15) is 40.7 Å². The van der Waals surface area contributed by atoms with Gasteiger partial charge >= 0.3 is 6.18 Å². The molecule has 1 aliphatic heterocycles. The second kappa shape index (κ2) is 5.34. The zero-order valence-electron chi connectivity index (χ0n) is 12.2. The van der Waals surface area contributed by atoms with Crippen molar-refractivity contribution in [2.24, 2.45) is 0 Å². The number of imide groups is 1. The predicted octanol–water partition coefficient (Wildman–Crippen LogP) is 1.74. The van der Waals surface area contributed by atoms with Gasteiger partial charge in [-0.25, -0.2) is 13.2 Å². The molecule has 136 valence electrons. The number of aromatic nitrogens is 1. The first-order valence-electron chi connectivity index (χ1n) is 6.61. The Hall–Kier alpha value is -3.31. The number of hydrogen-bond donors (Lipinski definition) is 2. The number of nitrogens with one attached hydrogen (secondary N) is 1. The number of rotatable bonds is 1. The average molecular weight is 377 g/mol. The van der Waals surface area contributed by atoms with Crippen LogP contribution in [-0.2, 0) is 6.18 Å². The van der Waals surface area contributed by atoms with Crippen LogP contribution >= 0.6 is 0 Å². The fourth-order valence-corrected chi connectivity index (χ4v) is 2.49. The second-order valence-corrected chi connectivity index (χ2v) is 5.16. The highest BCUT2D eigenvalue weighted by Crippen LogP contribution is 2.36. The van der Waals surface area contributed by atoms with E-state index in [4.69, 9.17) is 5.73 Å².